The Balaban J connectivity index is 1.81. The molecule has 4 N–H and O–H groups in total. The number of halogens is 1. The van der Waals surface area contributed by atoms with Gasteiger partial charge in [-0.1, -0.05) is 17.7 Å². The van der Waals surface area contributed by atoms with Crippen LogP contribution < -0.4 is 16.4 Å². The van der Waals surface area contributed by atoms with Gasteiger partial charge in [-0.3, -0.25) is 9.59 Å². The standard InChI is InChI=1S/C13H13ClN4O2S/c14-9-6-8(11(15)19)7-18-12(9)16-3-4-17-13(20)10-2-1-5-21-10/h1-2,5-7H,3-4H2,(H2,15,19)(H,16,18)(H,17,20). The van der Waals surface area contributed by atoms with Gasteiger partial charge in [0.2, 0.25) is 5.91 Å². The summed E-state index contributed by atoms with van der Waals surface area (Å²) in [6.07, 6.45) is 1.35. The minimum absolute atomic E-state index is 0.116. The zero-order valence-corrected chi connectivity index (χ0v) is 12.5. The molecule has 0 unspecified atom stereocenters. The first-order valence-corrected chi connectivity index (χ1v) is 7.34. The molecule has 2 aromatic rings. The van der Waals surface area contributed by atoms with Gasteiger partial charge in [-0.05, 0) is 17.5 Å². The van der Waals surface area contributed by atoms with Gasteiger partial charge in [-0.15, -0.1) is 11.3 Å². The van der Waals surface area contributed by atoms with Crippen LogP contribution in [0, 0.1) is 0 Å². The molecule has 0 aliphatic rings. The number of carbonyl (C=O) groups excluding carboxylic acids is 2. The summed E-state index contributed by atoms with van der Waals surface area (Å²) in [4.78, 5) is 27.3. The van der Waals surface area contributed by atoms with Crippen LogP contribution in [0.5, 0.6) is 0 Å². The first-order valence-electron chi connectivity index (χ1n) is 6.09. The maximum Gasteiger partial charge on any atom is 0.261 e. The fourth-order valence-electron chi connectivity index (χ4n) is 1.55. The second-order valence-corrected chi connectivity index (χ2v) is 5.43. The lowest BCUT2D eigenvalue weighted by molar-refractivity contribution is 0.0957. The average Bonchev–Trinajstić information content (AvgIpc) is 2.98. The predicted molar refractivity (Wildman–Crippen MR) is 82.9 cm³/mol. The van der Waals surface area contributed by atoms with Gasteiger partial charge in [0.1, 0.15) is 5.82 Å². The number of thiophene rings is 1. The minimum Gasteiger partial charge on any atom is -0.367 e. The molecule has 6 nitrogen and oxygen atoms in total. The Morgan fingerprint density at radius 2 is 2.19 bits per heavy atom. The summed E-state index contributed by atoms with van der Waals surface area (Å²) in [7, 11) is 0. The van der Waals surface area contributed by atoms with Crippen LogP contribution in [-0.2, 0) is 0 Å². The molecule has 8 heteroatoms. The van der Waals surface area contributed by atoms with E-state index in [4.69, 9.17) is 17.3 Å². The SMILES string of the molecule is NC(=O)c1cnc(NCCNC(=O)c2cccs2)c(Cl)c1. The lowest BCUT2D eigenvalue weighted by Gasteiger charge is -2.08. The normalized spacial score (nSPS) is 10.1. The zero-order chi connectivity index (χ0) is 15.2. The monoisotopic (exact) mass is 324 g/mol. The Hall–Kier alpha value is -2.12. The second-order valence-electron chi connectivity index (χ2n) is 4.08. The summed E-state index contributed by atoms with van der Waals surface area (Å²) in [5.74, 6) is -0.263. The number of rotatable bonds is 6. The Morgan fingerprint density at radius 1 is 1.38 bits per heavy atom. The summed E-state index contributed by atoms with van der Waals surface area (Å²) >= 11 is 7.36. The van der Waals surface area contributed by atoms with Crippen LogP contribution in [0.4, 0.5) is 5.82 Å². The van der Waals surface area contributed by atoms with E-state index in [1.165, 1.54) is 23.6 Å². The van der Waals surface area contributed by atoms with Crippen LogP contribution in [0.3, 0.4) is 0 Å². The van der Waals surface area contributed by atoms with Crippen LogP contribution in [0.1, 0.15) is 20.0 Å². The van der Waals surface area contributed by atoms with E-state index in [-0.39, 0.29) is 11.5 Å². The molecule has 0 aliphatic carbocycles. The van der Waals surface area contributed by atoms with E-state index in [9.17, 15) is 9.59 Å². The van der Waals surface area contributed by atoms with E-state index < -0.39 is 5.91 Å². The molecule has 0 aliphatic heterocycles. The Morgan fingerprint density at radius 3 is 2.81 bits per heavy atom. The molecule has 0 radical (unpaired) electrons. The predicted octanol–water partition coefficient (Wildman–Crippen LogP) is 1.74. The van der Waals surface area contributed by atoms with Gasteiger partial charge in [-0.25, -0.2) is 4.98 Å². The molecule has 0 atom stereocenters. The summed E-state index contributed by atoms with van der Waals surface area (Å²) in [5, 5.41) is 7.89. The first-order chi connectivity index (χ1) is 10.1. The number of anilines is 1. The van der Waals surface area contributed by atoms with Gasteiger partial charge in [0, 0.05) is 19.3 Å². The number of nitrogens with zero attached hydrogens (tertiary/aromatic N) is 1. The maximum absolute atomic E-state index is 11.7. The van der Waals surface area contributed by atoms with Crippen molar-refractivity contribution in [1.82, 2.24) is 10.3 Å². The fourth-order valence-corrected chi connectivity index (χ4v) is 2.43. The molecule has 0 spiro atoms. The number of amides is 2. The zero-order valence-electron chi connectivity index (χ0n) is 10.9. The number of nitrogens with two attached hydrogens (primary N) is 1. The summed E-state index contributed by atoms with van der Waals surface area (Å²) in [6, 6.07) is 5.03. The number of nitrogens with one attached hydrogen (secondary N) is 2. The topological polar surface area (TPSA) is 97.1 Å². The number of pyridine rings is 1. The van der Waals surface area contributed by atoms with E-state index in [0.717, 1.165) is 0 Å². The Kier molecular flexibility index (Phi) is 5.13. The third kappa shape index (κ3) is 4.17. The number of aromatic nitrogens is 1. The van der Waals surface area contributed by atoms with E-state index in [1.807, 2.05) is 11.4 Å². The Bertz CT molecular complexity index is 646. The molecule has 0 bridgehead atoms. The molecule has 0 saturated carbocycles. The summed E-state index contributed by atoms with van der Waals surface area (Å²) in [6.45, 7) is 0.881. The molecule has 21 heavy (non-hydrogen) atoms. The van der Waals surface area contributed by atoms with Crippen molar-refractivity contribution < 1.29 is 9.59 Å². The van der Waals surface area contributed by atoms with Crippen LogP contribution in [0.25, 0.3) is 0 Å². The molecule has 0 saturated heterocycles. The van der Waals surface area contributed by atoms with Crippen LogP contribution in [0.2, 0.25) is 5.02 Å². The van der Waals surface area contributed by atoms with Gasteiger partial charge < -0.3 is 16.4 Å². The largest absolute Gasteiger partial charge is 0.367 e. The van der Waals surface area contributed by atoms with E-state index >= 15 is 0 Å². The molecule has 2 amide bonds. The molecule has 110 valence electrons. The highest BCUT2D eigenvalue weighted by Crippen LogP contribution is 2.19. The van der Waals surface area contributed by atoms with Crippen LogP contribution >= 0.6 is 22.9 Å². The van der Waals surface area contributed by atoms with E-state index in [1.54, 1.807) is 6.07 Å². The molecule has 2 aromatic heterocycles. The van der Waals surface area contributed by atoms with Gasteiger partial charge in [0.05, 0.1) is 15.5 Å². The van der Waals surface area contributed by atoms with Crippen molar-refractivity contribution in [2.45, 2.75) is 0 Å². The van der Waals surface area contributed by atoms with Gasteiger partial charge in [-0.2, -0.15) is 0 Å². The van der Waals surface area contributed by atoms with Crippen molar-refractivity contribution in [2.24, 2.45) is 5.73 Å². The van der Waals surface area contributed by atoms with Crippen LogP contribution in [0.15, 0.2) is 29.8 Å². The van der Waals surface area contributed by atoms with E-state index in [2.05, 4.69) is 15.6 Å². The number of primary amides is 1. The molecular formula is C13H13ClN4O2S. The average molecular weight is 325 g/mol. The van der Waals surface area contributed by atoms with Gasteiger partial charge in [0.25, 0.3) is 5.91 Å². The minimum atomic E-state index is -0.584. The molecule has 0 fully saturated rings. The molecule has 2 heterocycles. The highest BCUT2D eigenvalue weighted by Gasteiger charge is 2.08. The highest BCUT2D eigenvalue weighted by atomic mass is 35.5. The van der Waals surface area contributed by atoms with Crippen molar-refractivity contribution in [3.63, 3.8) is 0 Å². The van der Waals surface area contributed by atoms with Gasteiger partial charge >= 0.3 is 0 Å². The smallest absolute Gasteiger partial charge is 0.261 e. The number of hydrogen-bond donors (Lipinski definition) is 3. The van der Waals surface area contributed by atoms with Crippen molar-refractivity contribution in [1.29, 1.82) is 0 Å². The molecule has 0 aromatic carbocycles. The van der Waals surface area contributed by atoms with Crippen molar-refractivity contribution >= 4 is 40.6 Å². The molecular weight excluding hydrogens is 312 g/mol. The molecule has 2 rings (SSSR count). The summed E-state index contributed by atoms with van der Waals surface area (Å²) < 4.78 is 0. The number of carbonyl (C=O) groups is 2. The summed E-state index contributed by atoms with van der Waals surface area (Å²) in [5.41, 5.74) is 5.38. The van der Waals surface area contributed by atoms with Gasteiger partial charge in [0.15, 0.2) is 0 Å². The Labute approximate surface area is 130 Å². The third-order valence-corrected chi connectivity index (χ3v) is 3.73. The fraction of sp³-hybridized carbons (Fsp3) is 0.154. The first kappa shape index (κ1) is 15.3. The third-order valence-electron chi connectivity index (χ3n) is 2.57. The second kappa shape index (κ2) is 7.05. The van der Waals surface area contributed by atoms with Crippen LogP contribution in [-0.4, -0.2) is 29.9 Å². The lowest BCUT2D eigenvalue weighted by atomic mass is 10.3. The van der Waals surface area contributed by atoms with Crippen molar-refractivity contribution in [3.05, 3.63) is 45.2 Å². The van der Waals surface area contributed by atoms with Crippen molar-refractivity contribution in [2.75, 3.05) is 18.4 Å². The quantitative estimate of drug-likeness (QED) is 0.705. The van der Waals surface area contributed by atoms with Crippen molar-refractivity contribution in [3.8, 4) is 0 Å². The number of hydrogen-bond acceptors (Lipinski definition) is 5. The lowest BCUT2D eigenvalue weighted by Crippen LogP contribution is -2.28. The van der Waals surface area contributed by atoms with E-state index in [0.29, 0.717) is 28.8 Å². The maximum atomic E-state index is 11.7. The highest BCUT2D eigenvalue weighted by molar-refractivity contribution is 7.12.